The second kappa shape index (κ2) is 10.5. The molecule has 4 N–H and O–H groups in total. The predicted molar refractivity (Wildman–Crippen MR) is 97.6 cm³/mol. The quantitative estimate of drug-likeness (QED) is 0.571. The Bertz CT molecular complexity index is 469. The Hall–Kier alpha value is -2.32. The van der Waals surface area contributed by atoms with E-state index >= 15 is 0 Å². The average molecular weight is 336 g/mol. The van der Waals surface area contributed by atoms with Gasteiger partial charge in [0.2, 0.25) is 0 Å². The van der Waals surface area contributed by atoms with Gasteiger partial charge in [0.05, 0.1) is 0 Å². The summed E-state index contributed by atoms with van der Waals surface area (Å²) in [6, 6.07) is 6.45. The minimum atomic E-state index is -0.251. The van der Waals surface area contributed by atoms with E-state index in [1.54, 1.807) is 24.3 Å². The number of rotatable bonds is 8. The molecule has 0 radical (unpaired) electrons. The van der Waals surface area contributed by atoms with Crippen LogP contribution in [0.2, 0.25) is 0 Å². The monoisotopic (exact) mass is 336 g/mol. The third-order valence-electron chi connectivity index (χ3n) is 3.09. The number of likely N-dealkylation sites (N-methyl/N-ethyl adjacent to an activating group) is 2. The maximum atomic E-state index is 11.7. The van der Waals surface area contributed by atoms with Gasteiger partial charge in [0.25, 0.3) is 0 Å². The smallest absolute Gasteiger partial charge is 0.319 e. The Balaban J connectivity index is 2.34. The molecule has 1 aromatic carbocycles. The van der Waals surface area contributed by atoms with Crippen LogP contribution in [-0.2, 0) is 0 Å². The van der Waals surface area contributed by atoms with Gasteiger partial charge in [-0.1, -0.05) is 0 Å². The number of hydrogen-bond acceptors (Lipinski definition) is 4. The second-order valence-corrected chi connectivity index (χ2v) is 5.95. The third kappa shape index (κ3) is 8.96. The maximum Gasteiger partial charge on any atom is 0.319 e. The number of anilines is 2. The highest BCUT2D eigenvalue weighted by atomic mass is 16.2. The molecule has 0 saturated heterocycles. The fourth-order valence-corrected chi connectivity index (χ4v) is 1.77. The highest BCUT2D eigenvalue weighted by Crippen LogP contribution is 2.13. The molecule has 4 amide bonds. The fraction of sp³-hybridized carbons (Fsp3) is 0.500. The SMILES string of the molecule is CN(C)CCNC(=O)Nc1ccc(NC(=O)NCCN(C)C)cc1. The van der Waals surface area contributed by atoms with E-state index in [4.69, 9.17) is 0 Å². The van der Waals surface area contributed by atoms with Gasteiger partial charge >= 0.3 is 12.1 Å². The molecule has 0 saturated carbocycles. The lowest BCUT2D eigenvalue weighted by molar-refractivity contribution is 0.250. The summed E-state index contributed by atoms with van der Waals surface area (Å²) >= 11 is 0. The van der Waals surface area contributed by atoms with Crippen LogP contribution in [0.15, 0.2) is 24.3 Å². The number of benzene rings is 1. The van der Waals surface area contributed by atoms with Crippen molar-refractivity contribution in [3.05, 3.63) is 24.3 Å². The van der Waals surface area contributed by atoms with Gasteiger partial charge in [-0.3, -0.25) is 0 Å². The number of amides is 4. The Morgan fingerprint density at radius 1 is 0.750 bits per heavy atom. The van der Waals surface area contributed by atoms with E-state index in [0.29, 0.717) is 24.5 Å². The van der Waals surface area contributed by atoms with Crippen molar-refractivity contribution in [2.24, 2.45) is 0 Å². The van der Waals surface area contributed by atoms with Crippen LogP contribution in [0.3, 0.4) is 0 Å². The van der Waals surface area contributed by atoms with Crippen LogP contribution in [0.1, 0.15) is 0 Å². The van der Waals surface area contributed by atoms with Gasteiger partial charge in [-0.15, -0.1) is 0 Å². The number of carbonyl (C=O) groups excluding carboxylic acids is 2. The van der Waals surface area contributed by atoms with Crippen LogP contribution >= 0.6 is 0 Å². The molecule has 0 aliphatic heterocycles. The molecule has 0 heterocycles. The van der Waals surface area contributed by atoms with Crippen molar-refractivity contribution in [2.75, 3.05) is 65.0 Å². The highest BCUT2D eigenvalue weighted by molar-refractivity contribution is 5.91. The lowest BCUT2D eigenvalue weighted by atomic mass is 10.3. The molecule has 0 aromatic heterocycles. The van der Waals surface area contributed by atoms with Crippen molar-refractivity contribution >= 4 is 23.4 Å². The summed E-state index contributed by atoms with van der Waals surface area (Å²) in [5.41, 5.74) is 1.33. The topological polar surface area (TPSA) is 88.7 Å². The number of urea groups is 2. The molecule has 0 aliphatic carbocycles. The Kier molecular flexibility index (Phi) is 8.59. The van der Waals surface area contributed by atoms with Gasteiger partial charge in [0.15, 0.2) is 0 Å². The normalized spacial score (nSPS) is 10.6. The number of nitrogens with zero attached hydrogens (tertiary/aromatic N) is 2. The third-order valence-corrected chi connectivity index (χ3v) is 3.09. The zero-order valence-corrected chi connectivity index (χ0v) is 14.8. The van der Waals surface area contributed by atoms with Crippen LogP contribution < -0.4 is 21.3 Å². The zero-order chi connectivity index (χ0) is 17.9. The molecule has 8 heteroatoms. The standard InChI is InChI=1S/C16H28N6O2/c1-21(2)11-9-17-15(23)19-13-5-7-14(8-6-13)20-16(24)18-10-12-22(3)4/h5-8H,9-12H2,1-4H3,(H2,17,19,23)(H2,18,20,24). The Labute approximate surface area is 143 Å². The number of nitrogens with one attached hydrogen (secondary N) is 4. The van der Waals surface area contributed by atoms with Crippen LogP contribution in [0.4, 0.5) is 21.0 Å². The minimum Gasteiger partial charge on any atom is -0.337 e. The second-order valence-electron chi connectivity index (χ2n) is 5.95. The van der Waals surface area contributed by atoms with E-state index in [1.807, 2.05) is 38.0 Å². The van der Waals surface area contributed by atoms with Crippen molar-refractivity contribution in [3.8, 4) is 0 Å². The number of carbonyl (C=O) groups is 2. The molecule has 0 atom stereocenters. The van der Waals surface area contributed by atoms with E-state index in [2.05, 4.69) is 21.3 Å². The molecule has 0 spiro atoms. The first kappa shape index (κ1) is 19.7. The Morgan fingerprint density at radius 2 is 1.08 bits per heavy atom. The largest absolute Gasteiger partial charge is 0.337 e. The number of hydrogen-bond donors (Lipinski definition) is 4. The lowest BCUT2D eigenvalue weighted by Crippen LogP contribution is -2.34. The molecule has 1 aromatic rings. The Morgan fingerprint density at radius 3 is 1.38 bits per heavy atom. The van der Waals surface area contributed by atoms with Gasteiger partial charge in [-0.2, -0.15) is 0 Å². The molecule has 0 aliphatic rings. The molecular weight excluding hydrogens is 308 g/mol. The summed E-state index contributed by atoms with van der Waals surface area (Å²) in [5.74, 6) is 0. The van der Waals surface area contributed by atoms with Gasteiger partial charge < -0.3 is 31.1 Å². The van der Waals surface area contributed by atoms with Gasteiger partial charge in [-0.25, -0.2) is 9.59 Å². The summed E-state index contributed by atoms with van der Waals surface area (Å²) in [6.07, 6.45) is 0. The zero-order valence-electron chi connectivity index (χ0n) is 14.8. The van der Waals surface area contributed by atoms with Crippen molar-refractivity contribution in [1.29, 1.82) is 0 Å². The van der Waals surface area contributed by atoms with E-state index in [-0.39, 0.29) is 12.1 Å². The molecule has 0 unspecified atom stereocenters. The molecule has 1 rings (SSSR count). The molecule has 0 fully saturated rings. The van der Waals surface area contributed by atoms with Gasteiger partial charge in [0, 0.05) is 37.6 Å². The predicted octanol–water partition coefficient (Wildman–Crippen LogP) is 1.05. The van der Waals surface area contributed by atoms with Crippen molar-refractivity contribution < 1.29 is 9.59 Å². The van der Waals surface area contributed by atoms with E-state index in [9.17, 15) is 9.59 Å². The summed E-state index contributed by atoms with van der Waals surface area (Å²) in [7, 11) is 7.79. The first-order chi connectivity index (χ1) is 11.4. The molecular formula is C16H28N6O2. The van der Waals surface area contributed by atoms with Gasteiger partial charge in [-0.05, 0) is 52.5 Å². The van der Waals surface area contributed by atoms with Crippen LogP contribution in [-0.4, -0.2) is 76.2 Å². The van der Waals surface area contributed by atoms with E-state index in [1.165, 1.54) is 0 Å². The first-order valence-corrected chi connectivity index (χ1v) is 7.86. The lowest BCUT2D eigenvalue weighted by Gasteiger charge is -2.12. The molecule has 8 nitrogen and oxygen atoms in total. The minimum absolute atomic E-state index is 0.251. The van der Waals surface area contributed by atoms with E-state index < -0.39 is 0 Å². The summed E-state index contributed by atoms with van der Waals surface area (Å²) in [4.78, 5) is 27.4. The highest BCUT2D eigenvalue weighted by Gasteiger charge is 2.04. The molecule has 0 bridgehead atoms. The van der Waals surface area contributed by atoms with Crippen molar-refractivity contribution in [1.82, 2.24) is 20.4 Å². The first-order valence-electron chi connectivity index (χ1n) is 7.86. The van der Waals surface area contributed by atoms with Gasteiger partial charge in [0.1, 0.15) is 0 Å². The summed E-state index contributed by atoms with van der Waals surface area (Å²) < 4.78 is 0. The van der Waals surface area contributed by atoms with Crippen LogP contribution in [0.25, 0.3) is 0 Å². The fourth-order valence-electron chi connectivity index (χ4n) is 1.77. The van der Waals surface area contributed by atoms with E-state index in [0.717, 1.165) is 13.1 Å². The van der Waals surface area contributed by atoms with Crippen molar-refractivity contribution in [3.63, 3.8) is 0 Å². The summed E-state index contributed by atoms with van der Waals surface area (Å²) in [5, 5.41) is 11.0. The van der Waals surface area contributed by atoms with Crippen molar-refractivity contribution in [2.45, 2.75) is 0 Å². The van der Waals surface area contributed by atoms with Crippen LogP contribution in [0, 0.1) is 0 Å². The molecule has 134 valence electrons. The molecule has 24 heavy (non-hydrogen) atoms. The maximum absolute atomic E-state index is 11.7. The summed E-state index contributed by atoms with van der Waals surface area (Å²) in [6.45, 7) is 2.70. The van der Waals surface area contributed by atoms with Crippen LogP contribution in [0.5, 0.6) is 0 Å². The average Bonchev–Trinajstić information content (AvgIpc) is 2.48.